The molecule has 1 aliphatic heterocycles. The Balaban J connectivity index is 1.74. The van der Waals surface area contributed by atoms with Gasteiger partial charge in [0.15, 0.2) is 0 Å². The molecule has 0 saturated carbocycles. The minimum atomic E-state index is -4.32. The molecular weight excluding hydrogens is 429 g/mol. The lowest BCUT2D eigenvalue weighted by atomic mass is 9.95. The average Bonchev–Trinajstić information content (AvgIpc) is 3.10. The molecular formula is C21H29F3N4O2S. The maximum atomic E-state index is 13.4. The van der Waals surface area contributed by atoms with E-state index in [1.54, 1.807) is 0 Å². The van der Waals surface area contributed by atoms with Crippen LogP contribution in [0.3, 0.4) is 0 Å². The highest BCUT2D eigenvalue weighted by atomic mass is 32.2. The summed E-state index contributed by atoms with van der Waals surface area (Å²) in [5, 5.41) is 0. The van der Waals surface area contributed by atoms with Crippen LogP contribution in [0.2, 0.25) is 0 Å². The Morgan fingerprint density at radius 3 is 1.94 bits per heavy atom. The van der Waals surface area contributed by atoms with Gasteiger partial charge in [0.05, 0.1) is 11.4 Å². The Morgan fingerprint density at radius 2 is 1.42 bits per heavy atom. The fraction of sp³-hybridized carbons (Fsp3) is 0.571. The van der Waals surface area contributed by atoms with Gasteiger partial charge < -0.3 is 4.57 Å². The van der Waals surface area contributed by atoms with E-state index in [-0.39, 0.29) is 19.6 Å². The fourth-order valence-electron chi connectivity index (χ4n) is 4.14. The highest BCUT2D eigenvalue weighted by molar-refractivity contribution is 7.89. The van der Waals surface area contributed by atoms with Gasteiger partial charge in [-0.2, -0.15) is 17.5 Å². The van der Waals surface area contributed by atoms with E-state index in [0.717, 1.165) is 32.4 Å². The number of rotatable bonds is 5. The van der Waals surface area contributed by atoms with Crippen LogP contribution < -0.4 is 0 Å². The van der Waals surface area contributed by atoms with Crippen molar-refractivity contribution in [2.24, 2.45) is 0 Å². The highest BCUT2D eigenvalue weighted by Gasteiger charge is 2.33. The van der Waals surface area contributed by atoms with Crippen LogP contribution in [0.1, 0.15) is 33.6 Å². The fourth-order valence-corrected chi connectivity index (χ4v) is 6.12. The number of hydrogen-bond donors (Lipinski definition) is 0. The summed E-state index contributed by atoms with van der Waals surface area (Å²) in [4.78, 5) is 6.36. The first kappa shape index (κ1) is 23.7. The third kappa shape index (κ3) is 4.80. The lowest BCUT2D eigenvalue weighted by molar-refractivity contribution is -0.141. The summed E-state index contributed by atoms with van der Waals surface area (Å²) < 4.78 is 67.7. The Labute approximate surface area is 181 Å². The summed E-state index contributed by atoms with van der Waals surface area (Å²) in [6, 6.07) is 0. The number of benzene rings is 1. The molecule has 0 aliphatic carbocycles. The number of alkyl halides is 3. The number of halogens is 3. The number of hydrogen-bond acceptors (Lipinski definition) is 4. The maximum Gasteiger partial charge on any atom is 0.406 e. The number of sulfonamides is 1. The van der Waals surface area contributed by atoms with E-state index < -0.39 is 22.7 Å². The zero-order valence-electron chi connectivity index (χ0n) is 18.5. The Hall–Kier alpha value is -1.91. The van der Waals surface area contributed by atoms with Crippen molar-refractivity contribution >= 4 is 10.0 Å². The summed E-state index contributed by atoms with van der Waals surface area (Å²) in [5.41, 5.74) is 4.62. The van der Waals surface area contributed by atoms with Gasteiger partial charge in [-0.05, 0) is 62.4 Å². The van der Waals surface area contributed by atoms with Crippen molar-refractivity contribution in [1.82, 2.24) is 18.8 Å². The maximum absolute atomic E-state index is 13.4. The Morgan fingerprint density at radius 1 is 0.903 bits per heavy atom. The summed E-state index contributed by atoms with van der Waals surface area (Å²) in [6.07, 6.45) is -1.64. The van der Waals surface area contributed by atoms with Crippen molar-refractivity contribution in [2.45, 2.75) is 58.8 Å². The predicted molar refractivity (Wildman–Crippen MR) is 112 cm³/mol. The normalized spacial score (nSPS) is 16.8. The molecule has 2 aromatic rings. The Bertz CT molecular complexity index is 1040. The smallest absolute Gasteiger partial charge is 0.325 e. The van der Waals surface area contributed by atoms with E-state index in [1.165, 1.54) is 16.7 Å². The average molecular weight is 459 g/mol. The van der Waals surface area contributed by atoms with Crippen molar-refractivity contribution in [3.8, 4) is 0 Å². The molecule has 0 unspecified atom stereocenters. The first-order valence-electron chi connectivity index (χ1n) is 10.2. The Kier molecular flexibility index (Phi) is 6.55. The quantitative estimate of drug-likeness (QED) is 0.688. The van der Waals surface area contributed by atoms with E-state index in [4.69, 9.17) is 0 Å². The molecule has 10 heteroatoms. The predicted octanol–water partition coefficient (Wildman–Crippen LogP) is 3.49. The SMILES string of the molecule is Cc1c(C)c(C)c(S(=O)(=O)N2CCN(Cc3nccn3CC(F)(F)F)CC2)c(C)c1C. The third-order valence-electron chi connectivity index (χ3n) is 6.38. The van der Waals surface area contributed by atoms with Gasteiger partial charge >= 0.3 is 6.18 Å². The summed E-state index contributed by atoms with van der Waals surface area (Å²) in [7, 11) is -3.67. The van der Waals surface area contributed by atoms with Gasteiger partial charge in [0, 0.05) is 38.6 Å². The van der Waals surface area contributed by atoms with Crippen molar-refractivity contribution < 1.29 is 21.6 Å². The summed E-state index contributed by atoms with van der Waals surface area (Å²) >= 11 is 0. The molecule has 0 amide bonds. The molecule has 31 heavy (non-hydrogen) atoms. The first-order chi connectivity index (χ1) is 14.3. The molecule has 0 N–H and O–H groups in total. The van der Waals surface area contributed by atoms with Gasteiger partial charge in [-0.15, -0.1) is 0 Å². The van der Waals surface area contributed by atoms with Gasteiger partial charge in [0.2, 0.25) is 10.0 Å². The number of imidazole rings is 1. The van der Waals surface area contributed by atoms with Crippen LogP contribution in [0.4, 0.5) is 13.2 Å². The van der Waals surface area contributed by atoms with Crippen LogP contribution >= 0.6 is 0 Å². The molecule has 0 spiro atoms. The number of aromatic nitrogens is 2. The molecule has 1 aromatic carbocycles. The van der Waals surface area contributed by atoms with Gasteiger partial charge in [-0.3, -0.25) is 4.90 Å². The van der Waals surface area contributed by atoms with E-state index in [0.29, 0.717) is 23.8 Å². The van der Waals surface area contributed by atoms with E-state index in [9.17, 15) is 21.6 Å². The largest absolute Gasteiger partial charge is 0.406 e. The topological polar surface area (TPSA) is 58.4 Å². The van der Waals surface area contributed by atoms with Crippen molar-refractivity contribution in [1.29, 1.82) is 0 Å². The summed E-state index contributed by atoms with van der Waals surface area (Å²) in [5.74, 6) is 0.324. The van der Waals surface area contributed by atoms with Gasteiger partial charge in [-0.1, -0.05) is 0 Å². The molecule has 1 saturated heterocycles. The minimum absolute atomic E-state index is 0.248. The molecule has 6 nitrogen and oxygen atoms in total. The zero-order valence-corrected chi connectivity index (χ0v) is 19.4. The molecule has 3 rings (SSSR count). The van der Waals surface area contributed by atoms with E-state index >= 15 is 0 Å². The van der Waals surface area contributed by atoms with Crippen LogP contribution in [0.25, 0.3) is 0 Å². The molecule has 2 heterocycles. The number of piperazine rings is 1. The second-order valence-corrected chi connectivity index (χ2v) is 10.1. The van der Waals surface area contributed by atoms with Crippen LogP contribution in [0.5, 0.6) is 0 Å². The molecule has 1 aliphatic rings. The lowest BCUT2D eigenvalue weighted by Crippen LogP contribution is -2.48. The summed E-state index contributed by atoms with van der Waals surface area (Å²) in [6.45, 7) is 10.2. The lowest BCUT2D eigenvalue weighted by Gasteiger charge is -2.34. The molecule has 1 aromatic heterocycles. The zero-order chi connectivity index (χ0) is 23.1. The van der Waals surface area contributed by atoms with Crippen LogP contribution in [-0.4, -0.2) is 59.5 Å². The van der Waals surface area contributed by atoms with E-state index in [1.807, 2.05) is 39.5 Å². The monoisotopic (exact) mass is 458 g/mol. The van der Waals surface area contributed by atoms with Crippen molar-refractivity contribution in [2.75, 3.05) is 26.2 Å². The van der Waals surface area contributed by atoms with Gasteiger partial charge in [0.1, 0.15) is 12.4 Å². The van der Waals surface area contributed by atoms with Gasteiger partial charge in [0.25, 0.3) is 0 Å². The second kappa shape index (κ2) is 8.55. The molecule has 1 fully saturated rings. The van der Waals surface area contributed by atoms with Crippen molar-refractivity contribution in [3.63, 3.8) is 0 Å². The molecule has 0 radical (unpaired) electrons. The molecule has 0 bridgehead atoms. The first-order valence-corrected chi connectivity index (χ1v) is 11.6. The number of nitrogens with zero attached hydrogens (tertiary/aromatic N) is 4. The van der Waals surface area contributed by atoms with E-state index in [2.05, 4.69) is 4.98 Å². The molecule has 0 atom stereocenters. The second-order valence-electron chi connectivity index (χ2n) is 8.22. The molecule has 172 valence electrons. The minimum Gasteiger partial charge on any atom is -0.325 e. The van der Waals surface area contributed by atoms with Crippen LogP contribution in [0.15, 0.2) is 17.3 Å². The van der Waals surface area contributed by atoms with Crippen LogP contribution in [-0.2, 0) is 23.1 Å². The highest BCUT2D eigenvalue weighted by Crippen LogP contribution is 2.32. The van der Waals surface area contributed by atoms with Crippen LogP contribution in [0, 0.1) is 34.6 Å². The standard InChI is InChI=1S/C21H29F3N4O2S/c1-14-15(2)17(4)20(18(5)16(14)3)31(29,30)28-10-8-26(9-11-28)12-19-25-6-7-27(19)13-21(22,23)24/h6-7H,8-13H2,1-5H3. The van der Waals surface area contributed by atoms with Gasteiger partial charge in [-0.25, -0.2) is 13.4 Å². The third-order valence-corrected chi connectivity index (χ3v) is 8.55. The van der Waals surface area contributed by atoms with Crippen molar-refractivity contribution in [3.05, 3.63) is 46.0 Å².